The maximum absolute atomic E-state index is 8.39. The van der Waals surface area contributed by atoms with Gasteiger partial charge in [-0.25, -0.2) is 4.99 Å². The normalized spacial score (nSPS) is 16.4. The highest BCUT2D eigenvalue weighted by molar-refractivity contribution is 6.64. The van der Waals surface area contributed by atoms with E-state index in [-0.39, 0.29) is 6.17 Å². The number of nitrogens with one attached hydrogen (secondary N) is 1. The van der Waals surface area contributed by atoms with Crippen LogP contribution in [0.4, 0.5) is 0 Å². The molecule has 1 atom stereocenters. The minimum absolute atomic E-state index is 0.0876. The Morgan fingerprint density at radius 3 is 2.75 bits per heavy atom. The summed E-state index contributed by atoms with van der Waals surface area (Å²) in [6, 6.07) is 2.36. The first-order chi connectivity index (χ1) is 9.51. The van der Waals surface area contributed by atoms with Crippen LogP contribution in [0, 0.1) is 11.3 Å². The van der Waals surface area contributed by atoms with Gasteiger partial charge in [0, 0.05) is 25.4 Å². The van der Waals surface area contributed by atoms with Crippen molar-refractivity contribution in [3.8, 4) is 6.07 Å². The molecule has 0 aromatic carbocycles. The molecule has 108 valence electrons. The van der Waals surface area contributed by atoms with E-state index in [9.17, 15) is 0 Å². The SMILES string of the molecule is C=CN(C(=C)NC(C)N(C)/C(Cl)=N\C=C\C#N)C1CC1. The van der Waals surface area contributed by atoms with Gasteiger partial charge in [0.05, 0.1) is 18.1 Å². The van der Waals surface area contributed by atoms with E-state index in [0.29, 0.717) is 11.3 Å². The Labute approximate surface area is 125 Å². The maximum atomic E-state index is 8.39. The fourth-order valence-corrected chi connectivity index (χ4v) is 1.83. The molecule has 1 unspecified atom stereocenters. The average molecular weight is 294 g/mol. The molecule has 1 saturated carbocycles. The molecule has 1 aliphatic carbocycles. The Bertz CT molecular complexity index is 459. The molecule has 5 nitrogen and oxygen atoms in total. The first-order valence-corrected chi connectivity index (χ1v) is 6.76. The fraction of sp³-hybridized carbons (Fsp3) is 0.429. The zero-order valence-electron chi connectivity index (χ0n) is 11.9. The number of allylic oxidation sites excluding steroid dienone is 1. The van der Waals surface area contributed by atoms with Gasteiger partial charge in [0.1, 0.15) is 0 Å². The van der Waals surface area contributed by atoms with E-state index >= 15 is 0 Å². The van der Waals surface area contributed by atoms with Gasteiger partial charge in [-0.15, -0.1) is 0 Å². The van der Waals surface area contributed by atoms with E-state index in [1.54, 1.807) is 11.1 Å². The molecule has 0 heterocycles. The van der Waals surface area contributed by atoms with Gasteiger partial charge in [-0.1, -0.05) is 13.2 Å². The van der Waals surface area contributed by atoms with Crippen molar-refractivity contribution in [2.75, 3.05) is 7.05 Å². The molecular formula is C14H20ClN5. The third kappa shape index (κ3) is 4.63. The molecular weight excluding hydrogens is 274 g/mol. The first kappa shape index (κ1) is 16.1. The summed E-state index contributed by atoms with van der Waals surface area (Å²) in [5, 5.41) is 11.9. The van der Waals surface area contributed by atoms with Crippen LogP contribution in [0.5, 0.6) is 0 Å². The lowest BCUT2D eigenvalue weighted by Crippen LogP contribution is -2.45. The number of rotatable bonds is 7. The van der Waals surface area contributed by atoms with E-state index in [1.807, 2.05) is 24.9 Å². The molecule has 1 fully saturated rings. The topological polar surface area (TPSA) is 54.7 Å². The van der Waals surface area contributed by atoms with Crippen molar-refractivity contribution in [2.24, 2.45) is 4.99 Å². The Kier molecular flexibility index (Phi) is 6.13. The smallest absolute Gasteiger partial charge is 0.199 e. The quantitative estimate of drug-likeness (QED) is 0.258. The van der Waals surface area contributed by atoms with Crippen molar-refractivity contribution < 1.29 is 0 Å². The first-order valence-electron chi connectivity index (χ1n) is 6.38. The molecule has 0 amide bonds. The van der Waals surface area contributed by atoms with Gasteiger partial charge in [0.15, 0.2) is 5.29 Å². The second-order valence-corrected chi connectivity index (χ2v) is 4.88. The molecule has 0 aromatic heterocycles. The predicted octanol–water partition coefficient (Wildman–Crippen LogP) is 2.56. The van der Waals surface area contributed by atoms with Crippen LogP contribution >= 0.6 is 11.6 Å². The molecule has 1 N–H and O–H groups in total. The molecule has 0 bridgehead atoms. The van der Waals surface area contributed by atoms with Crippen LogP contribution < -0.4 is 5.32 Å². The van der Waals surface area contributed by atoms with Gasteiger partial charge >= 0.3 is 0 Å². The zero-order valence-corrected chi connectivity index (χ0v) is 12.6. The highest BCUT2D eigenvalue weighted by Crippen LogP contribution is 2.29. The lowest BCUT2D eigenvalue weighted by molar-refractivity contribution is 0.310. The van der Waals surface area contributed by atoms with Gasteiger partial charge in [0.2, 0.25) is 0 Å². The molecule has 0 spiro atoms. The van der Waals surface area contributed by atoms with Crippen molar-refractivity contribution in [1.29, 1.82) is 5.26 Å². The van der Waals surface area contributed by atoms with Crippen LogP contribution in [0.2, 0.25) is 0 Å². The highest BCUT2D eigenvalue weighted by atomic mass is 35.5. The lowest BCUT2D eigenvalue weighted by atomic mass is 10.4. The van der Waals surface area contributed by atoms with E-state index in [0.717, 1.165) is 18.7 Å². The van der Waals surface area contributed by atoms with Crippen LogP contribution in [0.1, 0.15) is 19.8 Å². The van der Waals surface area contributed by atoms with E-state index in [2.05, 4.69) is 23.5 Å². The van der Waals surface area contributed by atoms with E-state index in [4.69, 9.17) is 16.9 Å². The number of hydrogen-bond acceptors (Lipinski definition) is 4. The third-order valence-electron chi connectivity index (χ3n) is 3.03. The number of halogens is 1. The monoisotopic (exact) mass is 293 g/mol. The molecule has 1 rings (SSSR count). The predicted molar refractivity (Wildman–Crippen MR) is 82.6 cm³/mol. The van der Waals surface area contributed by atoms with Gasteiger partial charge in [0.25, 0.3) is 0 Å². The second kappa shape index (κ2) is 7.61. The Balaban J connectivity index is 2.56. The van der Waals surface area contributed by atoms with Crippen molar-refractivity contribution >= 4 is 16.9 Å². The number of hydrogen-bond donors (Lipinski definition) is 1. The molecule has 0 saturated heterocycles. The lowest BCUT2D eigenvalue weighted by Gasteiger charge is -2.31. The minimum atomic E-state index is -0.0876. The Morgan fingerprint density at radius 2 is 2.25 bits per heavy atom. The van der Waals surface area contributed by atoms with Crippen molar-refractivity contribution in [1.82, 2.24) is 15.1 Å². The average Bonchev–Trinajstić information content (AvgIpc) is 3.23. The second-order valence-electron chi connectivity index (χ2n) is 4.54. The molecule has 6 heteroatoms. The number of amidine groups is 1. The van der Waals surface area contributed by atoms with Crippen LogP contribution in [-0.2, 0) is 0 Å². The van der Waals surface area contributed by atoms with Gasteiger partial charge < -0.3 is 15.1 Å². The summed E-state index contributed by atoms with van der Waals surface area (Å²) in [5.41, 5.74) is 0. The molecule has 0 aromatic rings. The van der Waals surface area contributed by atoms with Gasteiger partial charge in [-0.3, -0.25) is 0 Å². The molecule has 0 aliphatic heterocycles. The molecule has 20 heavy (non-hydrogen) atoms. The summed E-state index contributed by atoms with van der Waals surface area (Å²) >= 11 is 6.05. The van der Waals surface area contributed by atoms with Gasteiger partial charge in [-0.05, 0) is 37.6 Å². The maximum Gasteiger partial charge on any atom is 0.199 e. The van der Waals surface area contributed by atoms with E-state index in [1.165, 1.54) is 12.3 Å². The van der Waals surface area contributed by atoms with Crippen LogP contribution in [0.25, 0.3) is 0 Å². The minimum Gasteiger partial charge on any atom is -0.352 e. The van der Waals surface area contributed by atoms with Gasteiger partial charge in [-0.2, -0.15) is 5.26 Å². The zero-order chi connectivity index (χ0) is 15.1. The van der Waals surface area contributed by atoms with Crippen LogP contribution in [0.3, 0.4) is 0 Å². The van der Waals surface area contributed by atoms with Crippen molar-refractivity contribution in [2.45, 2.75) is 32.0 Å². The standard InChI is InChI=1S/C14H20ClN5/c1-5-20(13-7-8-13)12(3)18-11(2)19(4)14(15)17-10-6-9-16/h5-6,10-11,13,18H,1,3,7-8H2,2,4H3/b10-6+,17-14-. The number of aliphatic imine (C=N–C) groups is 1. The van der Waals surface area contributed by atoms with Crippen LogP contribution in [-0.4, -0.2) is 34.3 Å². The summed E-state index contributed by atoms with van der Waals surface area (Å²) in [5.74, 6) is 0.791. The summed E-state index contributed by atoms with van der Waals surface area (Å²) < 4.78 is 0. The molecule has 1 aliphatic rings. The number of nitriles is 1. The summed E-state index contributed by atoms with van der Waals surface area (Å²) in [7, 11) is 1.81. The van der Waals surface area contributed by atoms with Crippen molar-refractivity contribution in [3.05, 3.63) is 37.5 Å². The van der Waals surface area contributed by atoms with Crippen LogP contribution in [0.15, 0.2) is 42.4 Å². The Hall–Kier alpha value is -1.93. The summed E-state index contributed by atoms with van der Waals surface area (Å²) in [4.78, 5) is 7.74. The molecule has 0 radical (unpaired) electrons. The highest BCUT2D eigenvalue weighted by Gasteiger charge is 2.28. The fourth-order valence-electron chi connectivity index (χ4n) is 1.63. The summed E-state index contributed by atoms with van der Waals surface area (Å²) in [6.45, 7) is 9.77. The Morgan fingerprint density at radius 1 is 1.60 bits per heavy atom. The third-order valence-corrected chi connectivity index (χ3v) is 3.39. The van der Waals surface area contributed by atoms with E-state index < -0.39 is 0 Å². The summed E-state index contributed by atoms with van der Waals surface area (Å²) in [6.07, 6.45) is 6.65. The largest absolute Gasteiger partial charge is 0.352 e. The van der Waals surface area contributed by atoms with Crippen molar-refractivity contribution in [3.63, 3.8) is 0 Å². The number of nitrogens with zero attached hydrogens (tertiary/aromatic N) is 4.